The Bertz CT molecular complexity index is 796. The number of nitrogens with one attached hydrogen (secondary N) is 2. The van der Waals surface area contributed by atoms with Gasteiger partial charge in [-0.25, -0.2) is 9.59 Å². The summed E-state index contributed by atoms with van der Waals surface area (Å²) in [4.78, 5) is 30.4. The van der Waals surface area contributed by atoms with Crippen LogP contribution in [0.1, 0.15) is 50.6 Å². The summed E-state index contributed by atoms with van der Waals surface area (Å²) in [5, 5.41) is 5.81. The molecule has 7 heteroatoms. The quantitative estimate of drug-likeness (QED) is 0.685. The Balaban J connectivity index is 1.50. The number of likely N-dealkylation sites (tertiary alicyclic amines) is 2. The minimum absolute atomic E-state index is 0.278. The Morgan fingerprint density at radius 2 is 1.77 bits per heavy atom. The van der Waals surface area contributed by atoms with E-state index in [1.165, 1.54) is 32.4 Å². The zero-order chi connectivity index (χ0) is 21.6. The Kier molecular flexibility index (Phi) is 7.25. The van der Waals surface area contributed by atoms with Gasteiger partial charge in [-0.3, -0.25) is 4.90 Å². The largest absolute Gasteiger partial charge is 0.463 e. The molecule has 1 atom stereocenters. The van der Waals surface area contributed by atoms with Crippen molar-refractivity contribution in [3.8, 4) is 0 Å². The molecule has 2 fully saturated rings. The van der Waals surface area contributed by atoms with Crippen molar-refractivity contribution >= 4 is 12.0 Å². The first-order chi connectivity index (χ1) is 15.2. The first-order valence-corrected chi connectivity index (χ1v) is 11.6. The molecule has 0 bridgehead atoms. The molecule has 3 aliphatic rings. The monoisotopic (exact) mass is 426 g/mol. The first-order valence-electron chi connectivity index (χ1n) is 11.6. The van der Waals surface area contributed by atoms with Gasteiger partial charge in [0.2, 0.25) is 0 Å². The molecule has 168 valence electrons. The van der Waals surface area contributed by atoms with Crippen molar-refractivity contribution in [2.24, 2.45) is 0 Å². The van der Waals surface area contributed by atoms with Gasteiger partial charge in [0.05, 0.1) is 18.2 Å². The number of benzene rings is 1. The first kappa shape index (κ1) is 21.8. The summed E-state index contributed by atoms with van der Waals surface area (Å²) in [5.41, 5.74) is 2.04. The van der Waals surface area contributed by atoms with Gasteiger partial charge in [0, 0.05) is 31.4 Å². The third-order valence-corrected chi connectivity index (χ3v) is 6.63. The third-order valence-electron chi connectivity index (χ3n) is 6.63. The van der Waals surface area contributed by atoms with Gasteiger partial charge in [-0.1, -0.05) is 36.8 Å². The van der Waals surface area contributed by atoms with Gasteiger partial charge >= 0.3 is 12.0 Å². The van der Waals surface area contributed by atoms with E-state index < -0.39 is 6.04 Å². The van der Waals surface area contributed by atoms with E-state index in [9.17, 15) is 9.59 Å². The molecule has 2 amide bonds. The highest BCUT2D eigenvalue weighted by molar-refractivity contribution is 5.95. The van der Waals surface area contributed by atoms with Crippen LogP contribution in [0.2, 0.25) is 0 Å². The zero-order valence-electron chi connectivity index (χ0n) is 18.4. The molecule has 7 nitrogen and oxygen atoms in total. The van der Waals surface area contributed by atoms with Crippen molar-refractivity contribution < 1.29 is 14.3 Å². The number of rotatable bonds is 6. The van der Waals surface area contributed by atoms with Gasteiger partial charge in [0.15, 0.2) is 0 Å². The van der Waals surface area contributed by atoms with Crippen LogP contribution in [0.4, 0.5) is 4.79 Å². The van der Waals surface area contributed by atoms with Gasteiger partial charge in [-0.2, -0.15) is 0 Å². The number of urea groups is 1. The third kappa shape index (κ3) is 5.28. The maximum Gasteiger partial charge on any atom is 0.338 e. The van der Waals surface area contributed by atoms with Crippen LogP contribution in [0.5, 0.6) is 0 Å². The highest BCUT2D eigenvalue weighted by atomic mass is 16.5. The van der Waals surface area contributed by atoms with Gasteiger partial charge in [0.1, 0.15) is 0 Å². The second kappa shape index (κ2) is 10.3. The van der Waals surface area contributed by atoms with Gasteiger partial charge in [0.25, 0.3) is 0 Å². The Labute approximate surface area is 184 Å². The molecule has 0 aliphatic carbocycles. The van der Waals surface area contributed by atoms with Crippen molar-refractivity contribution in [3.05, 3.63) is 47.2 Å². The van der Waals surface area contributed by atoms with Crippen molar-refractivity contribution in [2.75, 3.05) is 39.3 Å². The van der Waals surface area contributed by atoms with Gasteiger partial charge in [-0.15, -0.1) is 0 Å². The molecule has 3 aliphatic heterocycles. The molecule has 2 saturated heterocycles. The Morgan fingerprint density at radius 3 is 2.45 bits per heavy atom. The van der Waals surface area contributed by atoms with Crippen molar-refractivity contribution in [3.63, 3.8) is 0 Å². The van der Waals surface area contributed by atoms with Crippen LogP contribution in [0.25, 0.3) is 0 Å². The number of nitrogens with zero attached hydrogens (tertiary/aromatic N) is 2. The summed E-state index contributed by atoms with van der Waals surface area (Å²) in [7, 11) is 0. The summed E-state index contributed by atoms with van der Waals surface area (Å²) in [6, 6.07) is 9.49. The van der Waals surface area contributed by atoms with Crippen LogP contribution in [-0.2, 0) is 9.53 Å². The van der Waals surface area contributed by atoms with E-state index in [1.54, 1.807) is 6.92 Å². The van der Waals surface area contributed by atoms with Gasteiger partial charge in [-0.05, 0) is 51.3 Å². The van der Waals surface area contributed by atoms with E-state index in [0.29, 0.717) is 30.5 Å². The van der Waals surface area contributed by atoms with Crippen LogP contribution in [0, 0.1) is 0 Å². The summed E-state index contributed by atoms with van der Waals surface area (Å²) in [5.74, 6) is -0.373. The molecule has 1 unspecified atom stereocenters. The number of carbonyl (C=O) groups is 2. The van der Waals surface area contributed by atoms with E-state index in [-0.39, 0.29) is 12.0 Å². The lowest BCUT2D eigenvalue weighted by Crippen LogP contribution is -2.51. The molecule has 0 spiro atoms. The maximum atomic E-state index is 12.9. The fraction of sp³-hybridized carbons (Fsp3) is 0.583. The maximum absolute atomic E-state index is 12.9. The van der Waals surface area contributed by atoms with Gasteiger partial charge < -0.3 is 20.3 Å². The molecule has 31 heavy (non-hydrogen) atoms. The predicted octanol–water partition coefficient (Wildman–Crippen LogP) is 2.81. The van der Waals surface area contributed by atoms with E-state index in [1.807, 2.05) is 30.3 Å². The normalized spacial score (nSPS) is 23.9. The summed E-state index contributed by atoms with van der Waals surface area (Å²) < 4.78 is 5.37. The number of piperidine rings is 2. The summed E-state index contributed by atoms with van der Waals surface area (Å²) in [6.45, 7) is 7.05. The molecule has 4 rings (SSSR count). The molecular weight excluding hydrogens is 392 g/mol. The van der Waals surface area contributed by atoms with Crippen molar-refractivity contribution in [1.29, 1.82) is 0 Å². The molecule has 3 heterocycles. The van der Waals surface area contributed by atoms with Crippen LogP contribution in [0.3, 0.4) is 0 Å². The lowest BCUT2D eigenvalue weighted by Gasteiger charge is -2.41. The smallest absolute Gasteiger partial charge is 0.338 e. The van der Waals surface area contributed by atoms with E-state index in [2.05, 4.69) is 20.4 Å². The van der Waals surface area contributed by atoms with E-state index in [0.717, 1.165) is 31.5 Å². The zero-order valence-corrected chi connectivity index (χ0v) is 18.4. The standard InChI is InChI=1S/C24H34N4O3/c1-2-31-23(29)21-20(25-24(30)26-22(21)18-9-5-3-6-10-18)17-27-15-11-19(12-16-27)28-13-7-4-8-14-28/h3,5-6,9-10,19,22H,2,4,7-8,11-17H2,1H3,(H2,25,26,30). The summed E-state index contributed by atoms with van der Waals surface area (Å²) >= 11 is 0. The topological polar surface area (TPSA) is 73.9 Å². The highest BCUT2D eigenvalue weighted by Crippen LogP contribution is 2.29. The molecule has 0 aromatic heterocycles. The lowest BCUT2D eigenvalue weighted by molar-refractivity contribution is -0.139. The van der Waals surface area contributed by atoms with Crippen molar-refractivity contribution in [1.82, 2.24) is 20.4 Å². The molecule has 0 radical (unpaired) electrons. The van der Waals surface area contributed by atoms with Crippen LogP contribution < -0.4 is 10.6 Å². The number of ether oxygens (including phenoxy) is 1. The Morgan fingerprint density at radius 1 is 1.06 bits per heavy atom. The van der Waals surface area contributed by atoms with Crippen LogP contribution in [0.15, 0.2) is 41.6 Å². The highest BCUT2D eigenvalue weighted by Gasteiger charge is 2.35. The fourth-order valence-electron chi connectivity index (χ4n) is 5.04. The molecular formula is C24H34N4O3. The molecule has 0 saturated carbocycles. The minimum Gasteiger partial charge on any atom is -0.463 e. The molecule has 1 aromatic rings. The predicted molar refractivity (Wildman–Crippen MR) is 119 cm³/mol. The van der Waals surface area contributed by atoms with Crippen molar-refractivity contribution in [2.45, 2.75) is 51.1 Å². The lowest BCUT2D eigenvalue weighted by atomic mass is 9.94. The van der Waals surface area contributed by atoms with E-state index >= 15 is 0 Å². The average Bonchev–Trinajstić information content (AvgIpc) is 2.80. The number of carbonyl (C=O) groups excluding carboxylic acids is 2. The SMILES string of the molecule is CCOC(=O)C1=C(CN2CCC(N3CCCCC3)CC2)NC(=O)NC1c1ccccc1. The fourth-order valence-corrected chi connectivity index (χ4v) is 5.04. The molecule has 1 aromatic carbocycles. The number of amides is 2. The minimum atomic E-state index is -0.505. The summed E-state index contributed by atoms with van der Waals surface area (Å²) in [6.07, 6.45) is 6.26. The average molecular weight is 427 g/mol. The van der Waals surface area contributed by atoms with Crippen LogP contribution >= 0.6 is 0 Å². The molecule has 2 N–H and O–H groups in total. The van der Waals surface area contributed by atoms with E-state index in [4.69, 9.17) is 4.74 Å². The number of hydrogen-bond donors (Lipinski definition) is 2. The Hall–Kier alpha value is -2.38. The second-order valence-electron chi connectivity index (χ2n) is 8.66. The second-order valence-corrected chi connectivity index (χ2v) is 8.66. The van der Waals surface area contributed by atoms with Crippen LogP contribution in [-0.4, -0.2) is 67.2 Å². The number of esters is 1. The number of hydrogen-bond acceptors (Lipinski definition) is 5.